The number of nitrogens with zero attached hydrogens (tertiary/aromatic N) is 1. The maximum atomic E-state index is 13.5. The van der Waals surface area contributed by atoms with Crippen LogP contribution in [0.4, 0.5) is 4.39 Å². The van der Waals surface area contributed by atoms with Crippen molar-refractivity contribution in [3.05, 3.63) is 35.3 Å². The molecule has 0 aliphatic rings. The molecule has 7 heteroatoms. The molecule has 0 saturated carbocycles. The second-order valence-corrected chi connectivity index (χ2v) is 4.71. The molecule has 0 unspecified atom stereocenters. The van der Waals surface area contributed by atoms with Gasteiger partial charge in [0.2, 0.25) is 0 Å². The first-order chi connectivity index (χ1) is 10.9. The maximum absolute atomic E-state index is 13.5. The molecule has 1 aromatic carbocycles. The molecular weight excluding hydrogens is 305 g/mol. The van der Waals surface area contributed by atoms with Crippen LogP contribution in [0.3, 0.4) is 0 Å². The van der Waals surface area contributed by atoms with Gasteiger partial charge in [-0.3, -0.25) is 4.79 Å². The fourth-order valence-electron chi connectivity index (χ4n) is 2.38. The molecule has 0 N–H and O–H groups in total. The predicted octanol–water partition coefficient (Wildman–Crippen LogP) is 2.24. The number of aryl methyl sites for hydroxylation is 1. The van der Waals surface area contributed by atoms with Crippen LogP contribution in [0.25, 0.3) is 10.9 Å². The van der Waals surface area contributed by atoms with Gasteiger partial charge in [-0.1, -0.05) is 0 Å². The monoisotopic (exact) mass is 321 g/mol. The van der Waals surface area contributed by atoms with Crippen LogP contribution in [-0.4, -0.2) is 35.5 Å². The Morgan fingerprint density at radius 2 is 1.78 bits per heavy atom. The smallest absolute Gasteiger partial charge is 0.379 e. The quantitative estimate of drug-likeness (QED) is 0.480. The lowest BCUT2D eigenvalue weighted by atomic mass is 10.1. The molecule has 6 nitrogen and oxygen atoms in total. The summed E-state index contributed by atoms with van der Waals surface area (Å²) in [5.74, 6) is -3.33. The number of halogens is 1. The van der Waals surface area contributed by atoms with Crippen LogP contribution in [0.15, 0.2) is 18.2 Å². The Labute approximate surface area is 131 Å². The Morgan fingerprint density at radius 3 is 2.39 bits per heavy atom. The predicted molar refractivity (Wildman–Crippen MR) is 79.8 cm³/mol. The second kappa shape index (κ2) is 6.60. The maximum Gasteiger partial charge on any atom is 0.379 e. The number of ketones is 1. The van der Waals surface area contributed by atoms with Crippen molar-refractivity contribution in [2.24, 2.45) is 7.05 Å². The Balaban J connectivity index is 2.73. The van der Waals surface area contributed by atoms with E-state index in [4.69, 9.17) is 9.47 Å². The zero-order chi connectivity index (χ0) is 17.1. The highest BCUT2D eigenvalue weighted by molar-refractivity contribution is 6.44. The van der Waals surface area contributed by atoms with E-state index >= 15 is 0 Å². The lowest BCUT2D eigenvalue weighted by Gasteiger charge is -2.06. The highest BCUT2D eigenvalue weighted by atomic mass is 19.1. The first-order valence-electron chi connectivity index (χ1n) is 7.08. The van der Waals surface area contributed by atoms with E-state index in [-0.39, 0.29) is 29.9 Å². The van der Waals surface area contributed by atoms with E-state index in [0.29, 0.717) is 5.52 Å². The van der Waals surface area contributed by atoms with E-state index in [1.54, 1.807) is 13.8 Å². The molecule has 0 fully saturated rings. The Morgan fingerprint density at radius 1 is 1.13 bits per heavy atom. The normalized spacial score (nSPS) is 10.6. The Hall–Kier alpha value is -2.70. The van der Waals surface area contributed by atoms with Crippen molar-refractivity contribution in [1.82, 2.24) is 4.57 Å². The van der Waals surface area contributed by atoms with Crippen molar-refractivity contribution in [3.8, 4) is 0 Å². The van der Waals surface area contributed by atoms with Gasteiger partial charge in [0.1, 0.15) is 11.5 Å². The van der Waals surface area contributed by atoms with E-state index in [1.165, 1.54) is 23.7 Å². The molecule has 0 atom stereocenters. The van der Waals surface area contributed by atoms with Crippen LogP contribution < -0.4 is 0 Å². The van der Waals surface area contributed by atoms with E-state index < -0.39 is 23.5 Å². The summed E-state index contributed by atoms with van der Waals surface area (Å²) in [6.07, 6.45) is 0. The molecule has 23 heavy (non-hydrogen) atoms. The van der Waals surface area contributed by atoms with Crippen LogP contribution in [0.2, 0.25) is 0 Å². The standard InChI is InChI=1S/C16H16FNO5/c1-4-22-15(20)13-12(14(19)16(21)23-5-2)10-7-6-9(17)8-11(10)18(13)3/h6-8H,4-5H2,1-3H3. The van der Waals surface area contributed by atoms with Gasteiger partial charge in [-0.2, -0.15) is 0 Å². The summed E-state index contributed by atoms with van der Waals surface area (Å²) in [5, 5.41) is 0.287. The average molecular weight is 321 g/mol. The zero-order valence-electron chi connectivity index (χ0n) is 13.0. The summed E-state index contributed by atoms with van der Waals surface area (Å²) in [5.41, 5.74) is 0.0607. The van der Waals surface area contributed by atoms with Crippen molar-refractivity contribution in [2.75, 3.05) is 13.2 Å². The molecule has 1 aromatic heterocycles. The SMILES string of the molecule is CCOC(=O)C(=O)c1c(C(=O)OCC)n(C)c2cc(F)ccc12. The van der Waals surface area contributed by atoms with Crippen LogP contribution in [0, 0.1) is 5.82 Å². The van der Waals surface area contributed by atoms with E-state index in [9.17, 15) is 18.8 Å². The number of rotatable bonds is 5. The van der Waals surface area contributed by atoms with Crippen molar-refractivity contribution in [2.45, 2.75) is 13.8 Å². The molecule has 0 aliphatic carbocycles. The number of carbonyl (C=O) groups is 3. The third kappa shape index (κ3) is 2.94. The average Bonchev–Trinajstić information content (AvgIpc) is 2.79. The fraction of sp³-hybridized carbons (Fsp3) is 0.312. The number of carbonyl (C=O) groups excluding carboxylic acids is 3. The summed E-state index contributed by atoms with van der Waals surface area (Å²) in [4.78, 5) is 36.4. The first-order valence-corrected chi connectivity index (χ1v) is 7.08. The summed E-state index contributed by atoms with van der Waals surface area (Å²) in [6, 6.07) is 3.68. The van der Waals surface area contributed by atoms with Crippen molar-refractivity contribution < 1.29 is 28.2 Å². The summed E-state index contributed by atoms with van der Waals surface area (Å²) in [6.45, 7) is 3.31. The molecule has 0 amide bonds. The summed E-state index contributed by atoms with van der Waals surface area (Å²) in [7, 11) is 1.50. The first kappa shape index (κ1) is 16.7. The van der Waals surface area contributed by atoms with Gasteiger partial charge < -0.3 is 14.0 Å². The largest absolute Gasteiger partial charge is 0.461 e. The minimum absolute atomic E-state index is 0.0265. The number of fused-ring (bicyclic) bond motifs is 1. The third-order valence-corrected chi connectivity index (χ3v) is 3.32. The molecular formula is C16H16FNO5. The van der Waals surface area contributed by atoms with E-state index in [1.807, 2.05) is 0 Å². The van der Waals surface area contributed by atoms with Crippen molar-refractivity contribution in [3.63, 3.8) is 0 Å². The van der Waals surface area contributed by atoms with Crippen molar-refractivity contribution in [1.29, 1.82) is 0 Å². The zero-order valence-corrected chi connectivity index (χ0v) is 13.0. The van der Waals surface area contributed by atoms with Gasteiger partial charge >= 0.3 is 11.9 Å². The highest BCUT2D eigenvalue weighted by Crippen LogP contribution is 2.27. The van der Waals surface area contributed by atoms with Gasteiger partial charge in [-0.25, -0.2) is 14.0 Å². The molecule has 1 heterocycles. The van der Waals surface area contributed by atoms with Crippen molar-refractivity contribution >= 4 is 28.6 Å². The third-order valence-electron chi connectivity index (χ3n) is 3.32. The van der Waals surface area contributed by atoms with Crippen LogP contribution in [0.1, 0.15) is 34.7 Å². The number of esters is 2. The minimum Gasteiger partial charge on any atom is -0.461 e. The summed E-state index contributed by atoms with van der Waals surface area (Å²) < 4.78 is 24.5. The molecule has 122 valence electrons. The van der Waals surface area contributed by atoms with Gasteiger partial charge in [0.25, 0.3) is 5.78 Å². The van der Waals surface area contributed by atoms with Gasteiger partial charge in [0.05, 0.1) is 24.3 Å². The van der Waals surface area contributed by atoms with Crippen LogP contribution in [0.5, 0.6) is 0 Å². The van der Waals surface area contributed by atoms with E-state index in [2.05, 4.69) is 0 Å². The van der Waals surface area contributed by atoms with Gasteiger partial charge in [0.15, 0.2) is 0 Å². The van der Waals surface area contributed by atoms with Gasteiger partial charge in [0, 0.05) is 12.4 Å². The highest BCUT2D eigenvalue weighted by Gasteiger charge is 2.31. The second-order valence-electron chi connectivity index (χ2n) is 4.71. The van der Waals surface area contributed by atoms with Gasteiger partial charge in [-0.05, 0) is 32.0 Å². The van der Waals surface area contributed by atoms with Gasteiger partial charge in [-0.15, -0.1) is 0 Å². The lowest BCUT2D eigenvalue weighted by molar-refractivity contribution is -0.137. The number of hydrogen-bond donors (Lipinski definition) is 0. The molecule has 0 bridgehead atoms. The topological polar surface area (TPSA) is 74.6 Å². The number of aromatic nitrogens is 1. The van der Waals surface area contributed by atoms with E-state index in [0.717, 1.165) is 6.07 Å². The number of ether oxygens (including phenoxy) is 2. The number of Topliss-reactive ketones (excluding diaryl/α,β-unsaturated/α-hetero) is 1. The number of benzene rings is 1. The molecule has 0 radical (unpaired) electrons. The lowest BCUT2D eigenvalue weighted by Crippen LogP contribution is -2.21. The van der Waals surface area contributed by atoms with Crippen LogP contribution in [-0.2, 0) is 21.3 Å². The molecule has 2 aromatic rings. The molecule has 0 spiro atoms. The minimum atomic E-state index is -1.07. The molecule has 0 saturated heterocycles. The molecule has 2 rings (SSSR count). The Kier molecular flexibility index (Phi) is 4.78. The molecule has 0 aliphatic heterocycles. The number of hydrogen-bond acceptors (Lipinski definition) is 5. The summed E-state index contributed by atoms with van der Waals surface area (Å²) >= 11 is 0. The Bertz CT molecular complexity index is 793. The fourth-order valence-corrected chi connectivity index (χ4v) is 2.38. The van der Waals surface area contributed by atoms with Crippen LogP contribution >= 0.6 is 0 Å².